The molecular formula is C17H16FNO3. The SMILES string of the molecule is O=C(O)CCCN=C(c1ccccc1O)c1ccccc1F. The largest absolute Gasteiger partial charge is 0.507 e. The summed E-state index contributed by atoms with van der Waals surface area (Å²) in [6, 6.07) is 12.7. The van der Waals surface area contributed by atoms with Gasteiger partial charge < -0.3 is 10.2 Å². The molecule has 0 atom stereocenters. The standard InChI is InChI=1S/C17H16FNO3/c18-14-8-3-1-6-12(14)17(19-11-5-10-16(21)22)13-7-2-4-9-15(13)20/h1-4,6-9,20H,5,10-11H2,(H,21,22). The molecule has 0 aromatic heterocycles. The average Bonchev–Trinajstić information content (AvgIpc) is 2.49. The van der Waals surface area contributed by atoms with Gasteiger partial charge in [-0.15, -0.1) is 0 Å². The summed E-state index contributed by atoms with van der Waals surface area (Å²) in [5.41, 5.74) is 1.02. The number of benzene rings is 2. The quantitative estimate of drug-likeness (QED) is 0.635. The second kappa shape index (κ2) is 7.36. The molecule has 0 aliphatic carbocycles. The predicted molar refractivity (Wildman–Crippen MR) is 81.9 cm³/mol. The van der Waals surface area contributed by atoms with Crippen molar-refractivity contribution in [1.29, 1.82) is 0 Å². The second-order valence-corrected chi connectivity index (χ2v) is 4.72. The Labute approximate surface area is 127 Å². The lowest BCUT2D eigenvalue weighted by molar-refractivity contribution is -0.137. The number of para-hydroxylation sites is 1. The first-order valence-electron chi connectivity index (χ1n) is 6.89. The molecule has 2 rings (SSSR count). The van der Waals surface area contributed by atoms with E-state index in [4.69, 9.17) is 5.11 Å². The molecule has 0 saturated heterocycles. The third-order valence-corrected chi connectivity index (χ3v) is 3.11. The van der Waals surface area contributed by atoms with Gasteiger partial charge in [0.2, 0.25) is 0 Å². The minimum atomic E-state index is -0.898. The zero-order chi connectivity index (χ0) is 15.9. The summed E-state index contributed by atoms with van der Waals surface area (Å²) in [4.78, 5) is 14.9. The van der Waals surface area contributed by atoms with Crippen LogP contribution in [0.4, 0.5) is 4.39 Å². The van der Waals surface area contributed by atoms with E-state index in [-0.39, 0.29) is 24.3 Å². The normalized spacial score (nSPS) is 11.4. The Morgan fingerprint density at radius 2 is 1.68 bits per heavy atom. The van der Waals surface area contributed by atoms with E-state index in [1.807, 2.05) is 0 Å². The molecule has 22 heavy (non-hydrogen) atoms. The number of carboxylic acid groups (broad SMARTS) is 1. The van der Waals surface area contributed by atoms with Crippen LogP contribution in [0.5, 0.6) is 5.75 Å². The van der Waals surface area contributed by atoms with Gasteiger partial charge in [0.25, 0.3) is 0 Å². The van der Waals surface area contributed by atoms with Gasteiger partial charge in [-0.2, -0.15) is 0 Å². The Bertz CT molecular complexity index is 650. The molecule has 0 saturated carbocycles. The predicted octanol–water partition coefficient (Wildman–Crippen LogP) is 3.23. The summed E-state index contributed by atoms with van der Waals surface area (Å²) in [7, 11) is 0. The van der Waals surface area contributed by atoms with Gasteiger partial charge in [0.1, 0.15) is 11.6 Å². The lowest BCUT2D eigenvalue weighted by Crippen LogP contribution is -2.08. The van der Waals surface area contributed by atoms with Gasteiger partial charge in [0.05, 0.1) is 5.71 Å². The van der Waals surface area contributed by atoms with Crippen LogP contribution in [0.25, 0.3) is 0 Å². The molecule has 0 bridgehead atoms. The van der Waals surface area contributed by atoms with E-state index >= 15 is 0 Å². The van der Waals surface area contributed by atoms with E-state index in [2.05, 4.69) is 4.99 Å². The minimum Gasteiger partial charge on any atom is -0.507 e. The molecular weight excluding hydrogens is 285 g/mol. The molecule has 0 amide bonds. The van der Waals surface area contributed by atoms with Crippen molar-refractivity contribution in [3.05, 3.63) is 65.5 Å². The highest BCUT2D eigenvalue weighted by Gasteiger charge is 2.14. The molecule has 4 nitrogen and oxygen atoms in total. The van der Waals surface area contributed by atoms with Crippen LogP contribution in [0.15, 0.2) is 53.5 Å². The van der Waals surface area contributed by atoms with Crippen molar-refractivity contribution in [2.75, 3.05) is 6.54 Å². The maximum absolute atomic E-state index is 14.0. The maximum Gasteiger partial charge on any atom is 0.303 e. The third-order valence-electron chi connectivity index (χ3n) is 3.11. The van der Waals surface area contributed by atoms with E-state index in [9.17, 15) is 14.3 Å². The van der Waals surface area contributed by atoms with E-state index in [0.717, 1.165) is 0 Å². The van der Waals surface area contributed by atoms with Crippen molar-refractivity contribution in [3.8, 4) is 5.75 Å². The lowest BCUT2D eigenvalue weighted by atomic mass is 10.0. The highest BCUT2D eigenvalue weighted by Crippen LogP contribution is 2.22. The smallest absolute Gasteiger partial charge is 0.303 e. The number of hydrogen-bond acceptors (Lipinski definition) is 3. The zero-order valence-electron chi connectivity index (χ0n) is 11.9. The summed E-state index contributed by atoms with van der Waals surface area (Å²) in [6.45, 7) is 0.240. The molecule has 0 unspecified atom stereocenters. The Kier molecular flexibility index (Phi) is 5.25. The van der Waals surface area contributed by atoms with Crippen LogP contribution in [0.3, 0.4) is 0 Å². The molecule has 2 aromatic rings. The summed E-state index contributed by atoms with van der Waals surface area (Å²) in [6.07, 6.45) is 0.343. The molecule has 0 fully saturated rings. The first kappa shape index (κ1) is 15.7. The number of rotatable bonds is 6. The average molecular weight is 301 g/mol. The van der Waals surface area contributed by atoms with E-state index in [0.29, 0.717) is 17.7 Å². The molecule has 5 heteroatoms. The van der Waals surface area contributed by atoms with Gasteiger partial charge >= 0.3 is 5.97 Å². The van der Waals surface area contributed by atoms with Crippen LogP contribution >= 0.6 is 0 Å². The van der Waals surface area contributed by atoms with Crippen LogP contribution < -0.4 is 0 Å². The summed E-state index contributed by atoms with van der Waals surface area (Å²) < 4.78 is 14.0. The van der Waals surface area contributed by atoms with Crippen LogP contribution in [-0.2, 0) is 4.79 Å². The molecule has 0 heterocycles. The number of aliphatic imine (C=N–C) groups is 1. The Morgan fingerprint density at radius 3 is 2.32 bits per heavy atom. The number of phenolic OH excluding ortho intramolecular Hbond substituents is 1. The second-order valence-electron chi connectivity index (χ2n) is 4.72. The summed E-state index contributed by atoms with van der Waals surface area (Å²) in [5.74, 6) is -1.34. The zero-order valence-corrected chi connectivity index (χ0v) is 11.9. The van der Waals surface area contributed by atoms with Crippen LogP contribution in [0.1, 0.15) is 24.0 Å². The van der Waals surface area contributed by atoms with Gasteiger partial charge in [-0.1, -0.05) is 24.3 Å². The molecule has 2 N–H and O–H groups in total. The topological polar surface area (TPSA) is 69.9 Å². The number of aromatic hydroxyl groups is 1. The van der Waals surface area contributed by atoms with Gasteiger partial charge in [-0.05, 0) is 30.7 Å². The molecule has 0 aliphatic rings. The molecule has 114 valence electrons. The van der Waals surface area contributed by atoms with Crippen molar-refractivity contribution < 1.29 is 19.4 Å². The molecule has 2 aromatic carbocycles. The first-order chi connectivity index (χ1) is 10.6. The van der Waals surface area contributed by atoms with E-state index in [1.54, 1.807) is 36.4 Å². The van der Waals surface area contributed by atoms with E-state index < -0.39 is 11.8 Å². The fourth-order valence-electron chi connectivity index (χ4n) is 2.06. The number of hydrogen-bond donors (Lipinski definition) is 2. The van der Waals surface area contributed by atoms with Crippen LogP contribution in [0.2, 0.25) is 0 Å². The van der Waals surface area contributed by atoms with E-state index in [1.165, 1.54) is 12.1 Å². The molecule has 0 radical (unpaired) electrons. The van der Waals surface area contributed by atoms with Crippen LogP contribution in [-0.4, -0.2) is 28.4 Å². The molecule has 0 aliphatic heterocycles. The summed E-state index contributed by atoms with van der Waals surface area (Å²) >= 11 is 0. The fourth-order valence-corrected chi connectivity index (χ4v) is 2.06. The number of aliphatic carboxylic acids is 1. The minimum absolute atomic E-state index is 0.00253. The summed E-state index contributed by atoms with van der Waals surface area (Å²) in [5, 5.41) is 18.6. The third kappa shape index (κ3) is 3.91. The molecule has 0 spiro atoms. The first-order valence-corrected chi connectivity index (χ1v) is 6.89. The van der Waals surface area contributed by atoms with Gasteiger partial charge in [-0.25, -0.2) is 4.39 Å². The maximum atomic E-state index is 14.0. The van der Waals surface area contributed by atoms with Crippen molar-refractivity contribution in [2.24, 2.45) is 4.99 Å². The number of carboxylic acids is 1. The highest BCUT2D eigenvalue weighted by atomic mass is 19.1. The Balaban J connectivity index is 2.37. The highest BCUT2D eigenvalue weighted by molar-refractivity contribution is 6.14. The Hall–Kier alpha value is -2.69. The van der Waals surface area contributed by atoms with Crippen molar-refractivity contribution in [3.63, 3.8) is 0 Å². The lowest BCUT2D eigenvalue weighted by Gasteiger charge is -2.10. The number of nitrogens with zero attached hydrogens (tertiary/aromatic N) is 1. The number of phenols is 1. The van der Waals surface area contributed by atoms with Gasteiger partial charge in [-0.3, -0.25) is 9.79 Å². The number of halogens is 1. The Morgan fingerprint density at radius 1 is 1.05 bits per heavy atom. The van der Waals surface area contributed by atoms with Gasteiger partial charge in [0.15, 0.2) is 0 Å². The van der Waals surface area contributed by atoms with Crippen LogP contribution in [0, 0.1) is 5.82 Å². The fraction of sp³-hybridized carbons (Fsp3) is 0.176. The monoisotopic (exact) mass is 301 g/mol. The number of carbonyl (C=O) groups is 1. The van der Waals surface area contributed by atoms with Crippen molar-refractivity contribution in [1.82, 2.24) is 0 Å². The van der Waals surface area contributed by atoms with Crippen molar-refractivity contribution >= 4 is 11.7 Å². The van der Waals surface area contributed by atoms with Crippen molar-refractivity contribution in [2.45, 2.75) is 12.8 Å². The van der Waals surface area contributed by atoms with Gasteiger partial charge in [0, 0.05) is 24.1 Å².